The van der Waals surface area contributed by atoms with E-state index in [4.69, 9.17) is 9.84 Å². The van der Waals surface area contributed by atoms with Crippen LogP contribution < -0.4 is 10.1 Å². The molecule has 1 rings (SSSR count). The highest BCUT2D eigenvalue weighted by atomic mass is 16.5. The van der Waals surface area contributed by atoms with E-state index in [0.29, 0.717) is 6.54 Å². The monoisotopic (exact) mass is 209 g/mol. The van der Waals surface area contributed by atoms with Crippen molar-refractivity contribution in [2.75, 3.05) is 13.7 Å². The lowest BCUT2D eigenvalue weighted by atomic mass is 10.1. The van der Waals surface area contributed by atoms with Gasteiger partial charge in [0.25, 0.3) is 0 Å². The Kier molecular flexibility index (Phi) is 4.12. The van der Waals surface area contributed by atoms with E-state index in [1.165, 1.54) is 0 Å². The number of rotatable bonds is 5. The highest BCUT2D eigenvalue weighted by Crippen LogP contribution is 2.17. The van der Waals surface area contributed by atoms with Crippen molar-refractivity contribution in [2.45, 2.75) is 13.0 Å². The molecule has 4 heteroatoms. The van der Waals surface area contributed by atoms with E-state index in [9.17, 15) is 4.79 Å². The molecule has 0 fully saturated rings. The smallest absolute Gasteiger partial charge is 0.325 e. The van der Waals surface area contributed by atoms with Crippen LogP contribution in [-0.2, 0) is 4.79 Å². The largest absolute Gasteiger partial charge is 0.497 e. The van der Waals surface area contributed by atoms with Gasteiger partial charge in [-0.2, -0.15) is 0 Å². The first-order valence-corrected chi connectivity index (χ1v) is 4.79. The highest BCUT2D eigenvalue weighted by Gasteiger charge is 2.17. The van der Waals surface area contributed by atoms with Crippen molar-refractivity contribution in [3.63, 3.8) is 0 Å². The second-order valence-corrected chi connectivity index (χ2v) is 3.10. The summed E-state index contributed by atoms with van der Waals surface area (Å²) in [5.74, 6) is -0.151. The van der Waals surface area contributed by atoms with Gasteiger partial charge >= 0.3 is 5.97 Å². The molecule has 1 aromatic rings. The topological polar surface area (TPSA) is 58.6 Å². The fourth-order valence-corrected chi connectivity index (χ4v) is 1.35. The Hall–Kier alpha value is -1.55. The van der Waals surface area contributed by atoms with Gasteiger partial charge in [0.15, 0.2) is 0 Å². The van der Waals surface area contributed by atoms with Gasteiger partial charge in [0.1, 0.15) is 11.8 Å². The van der Waals surface area contributed by atoms with Crippen molar-refractivity contribution < 1.29 is 14.6 Å². The molecule has 0 aromatic heterocycles. The summed E-state index contributed by atoms with van der Waals surface area (Å²) >= 11 is 0. The van der Waals surface area contributed by atoms with Gasteiger partial charge in [0.05, 0.1) is 7.11 Å². The molecule has 0 saturated heterocycles. The van der Waals surface area contributed by atoms with Crippen LogP contribution in [0.25, 0.3) is 0 Å². The number of carboxylic acids is 1. The first-order valence-electron chi connectivity index (χ1n) is 4.79. The molecule has 0 aliphatic heterocycles. The minimum atomic E-state index is -0.873. The lowest BCUT2D eigenvalue weighted by Gasteiger charge is -2.13. The molecule has 15 heavy (non-hydrogen) atoms. The maximum absolute atomic E-state index is 11.0. The van der Waals surface area contributed by atoms with Gasteiger partial charge in [0.2, 0.25) is 0 Å². The van der Waals surface area contributed by atoms with E-state index in [0.717, 1.165) is 11.3 Å². The van der Waals surface area contributed by atoms with Crippen molar-refractivity contribution in [1.82, 2.24) is 5.32 Å². The number of ether oxygens (including phenoxy) is 1. The third-order valence-corrected chi connectivity index (χ3v) is 2.10. The SMILES string of the molecule is CCNC(C(=O)O)c1ccc(OC)cc1. The van der Waals surface area contributed by atoms with Gasteiger partial charge in [-0.15, -0.1) is 0 Å². The fourth-order valence-electron chi connectivity index (χ4n) is 1.35. The number of benzene rings is 1. The maximum Gasteiger partial charge on any atom is 0.325 e. The molecular formula is C11H15NO3. The van der Waals surface area contributed by atoms with Crippen LogP contribution in [0.3, 0.4) is 0 Å². The molecule has 82 valence electrons. The van der Waals surface area contributed by atoms with Crippen LogP contribution in [0.1, 0.15) is 18.5 Å². The summed E-state index contributed by atoms with van der Waals surface area (Å²) in [7, 11) is 1.58. The molecule has 0 heterocycles. The molecular weight excluding hydrogens is 194 g/mol. The standard InChI is InChI=1S/C11H15NO3/c1-3-12-10(11(13)14)8-4-6-9(15-2)7-5-8/h4-7,10,12H,3H2,1-2H3,(H,13,14). The summed E-state index contributed by atoms with van der Waals surface area (Å²) in [5.41, 5.74) is 0.727. The lowest BCUT2D eigenvalue weighted by Crippen LogP contribution is -2.28. The zero-order valence-corrected chi connectivity index (χ0v) is 8.86. The van der Waals surface area contributed by atoms with Gasteiger partial charge in [-0.3, -0.25) is 4.79 Å². The van der Waals surface area contributed by atoms with Crippen LogP contribution in [0.5, 0.6) is 5.75 Å². The Labute approximate surface area is 88.9 Å². The Balaban J connectivity index is 2.86. The number of likely N-dealkylation sites (N-methyl/N-ethyl adjacent to an activating group) is 1. The van der Waals surface area contributed by atoms with Crippen LogP contribution in [0, 0.1) is 0 Å². The van der Waals surface area contributed by atoms with E-state index in [1.807, 2.05) is 6.92 Å². The van der Waals surface area contributed by atoms with Crippen molar-refractivity contribution in [1.29, 1.82) is 0 Å². The fraction of sp³-hybridized carbons (Fsp3) is 0.364. The number of methoxy groups -OCH3 is 1. The summed E-state index contributed by atoms with van der Waals surface area (Å²) < 4.78 is 5.00. The second kappa shape index (κ2) is 5.36. The number of carboxylic acid groups (broad SMARTS) is 1. The quantitative estimate of drug-likeness (QED) is 0.770. The van der Waals surface area contributed by atoms with Crippen molar-refractivity contribution in [3.05, 3.63) is 29.8 Å². The van der Waals surface area contributed by atoms with Gasteiger partial charge in [-0.05, 0) is 24.2 Å². The van der Waals surface area contributed by atoms with Crippen LogP contribution in [0.4, 0.5) is 0 Å². The van der Waals surface area contributed by atoms with E-state index in [1.54, 1.807) is 31.4 Å². The van der Waals surface area contributed by atoms with Gasteiger partial charge < -0.3 is 15.2 Å². The summed E-state index contributed by atoms with van der Waals surface area (Å²) in [6.07, 6.45) is 0. The van der Waals surface area contributed by atoms with Crippen LogP contribution in [0.2, 0.25) is 0 Å². The Morgan fingerprint density at radius 1 is 1.47 bits per heavy atom. The number of carbonyl (C=O) groups is 1. The minimum Gasteiger partial charge on any atom is -0.497 e. The van der Waals surface area contributed by atoms with Crippen molar-refractivity contribution >= 4 is 5.97 Å². The summed E-state index contributed by atoms with van der Waals surface area (Å²) in [4.78, 5) is 11.0. The van der Waals surface area contributed by atoms with Crippen LogP contribution in [0.15, 0.2) is 24.3 Å². The Bertz CT molecular complexity index is 321. The van der Waals surface area contributed by atoms with Gasteiger partial charge in [-0.25, -0.2) is 0 Å². The molecule has 1 aromatic carbocycles. The van der Waals surface area contributed by atoms with E-state index >= 15 is 0 Å². The number of hydrogen-bond acceptors (Lipinski definition) is 3. The molecule has 0 amide bonds. The van der Waals surface area contributed by atoms with Crippen molar-refractivity contribution in [2.24, 2.45) is 0 Å². The van der Waals surface area contributed by atoms with Crippen LogP contribution in [-0.4, -0.2) is 24.7 Å². The minimum absolute atomic E-state index is 0.614. The van der Waals surface area contributed by atoms with E-state index in [-0.39, 0.29) is 0 Å². The third kappa shape index (κ3) is 2.95. The third-order valence-electron chi connectivity index (χ3n) is 2.10. The molecule has 0 bridgehead atoms. The summed E-state index contributed by atoms with van der Waals surface area (Å²) in [5, 5.41) is 11.9. The number of aliphatic carboxylic acids is 1. The summed E-state index contributed by atoms with van der Waals surface area (Å²) in [6.45, 7) is 2.49. The first-order chi connectivity index (χ1) is 7.19. The lowest BCUT2D eigenvalue weighted by molar-refractivity contribution is -0.139. The number of nitrogens with one attached hydrogen (secondary N) is 1. The Morgan fingerprint density at radius 2 is 2.07 bits per heavy atom. The van der Waals surface area contributed by atoms with E-state index in [2.05, 4.69) is 5.32 Å². The predicted molar refractivity (Wildman–Crippen MR) is 57.0 cm³/mol. The zero-order chi connectivity index (χ0) is 11.3. The molecule has 2 N–H and O–H groups in total. The first kappa shape index (κ1) is 11.5. The van der Waals surface area contributed by atoms with Gasteiger partial charge in [0, 0.05) is 0 Å². The normalized spacial score (nSPS) is 12.1. The zero-order valence-electron chi connectivity index (χ0n) is 8.86. The molecule has 0 spiro atoms. The second-order valence-electron chi connectivity index (χ2n) is 3.10. The van der Waals surface area contributed by atoms with Gasteiger partial charge in [-0.1, -0.05) is 19.1 Å². The molecule has 0 aliphatic carbocycles. The average Bonchev–Trinajstić information content (AvgIpc) is 2.26. The maximum atomic E-state index is 11.0. The highest BCUT2D eigenvalue weighted by molar-refractivity contribution is 5.75. The average molecular weight is 209 g/mol. The van der Waals surface area contributed by atoms with Crippen molar-refractivity contribution in [3.8, 4) is 5.75 Å². The molecule has 4 nitrogen and oxygen atoms in total. The Morgan fingerprint density at radius 3 is 2.47 bits per heavy atom. The molecule has 0 aliphatic rings. The van der Waals surface area contributed by atoms with E-state index < -0.39 is 12.0 Å². The molecule has 1 atom stereocenters. The predicted octanol–water partition coefficient (Wildman–Crippen LogP) is 1.43. The van der Waals surface area contributed by atoms with Crippen LogP contribution >= 0.6 is 0 Å². The molecule has 0 saturated carbocycles. The number of hydrogen-bond donors (Lipinski definition) is 2. The molecule has 0 radical (unpaired) electrons. The molecule has 1 unspecified atom stereocenters. The summed E-state index contributed by atoms with van der Waals surface area (Å²) in [6, 6.07) is 6.35.